The molecule has 0 aromatic heterocycles. The second-order valence-corrected chi connectivity index (χ2v) is 7.90. The maximum Gasteiger partial charge on any atom is 0.271 e. The molecule has 0 aliphatic carbocycles. The minimum atomic E-state index is -0.925. The van der Waals surface area contributed by atoms with Gasteiger partial charge in [0, 0.05) is 11.7 Å². The molecule has 0 aliphatic heterocycles. The van der Waals surface area contributed by atoms with E-state index in [1.54, 1.807) is 25.3 Å². The molecule has 182 valence electrons. The number of hydrogen-bond acceptors (Lipinski definition) is 6. The highest BCUT2D eigenvalue weighted by atomic mass is 35.5. The first-order valence-electron chi connectivity index (χ1n) is 10.5. The molecule has 0 aliphatic rings. The van der Waals surface area contributed by atoms with Gasteiger partial charge in [-0.3, -0.25) is 14.9 Å². The molecule has 4 aromatic rings. The van der Waals surface area contributed by atoms with Crippen LogP contribution in [0.15, 0.2) is 76.3 Å². The van der Waals surface area contributed by atoms with Crippen LogP contribution >= 0.6 is 12.4 Å². The normalized spacial score (nSPS) is 12.6. The van der Waals surface area contributed by atoms with Crippen LogP contribution in [-0.2, 0) is 0 Å². The summed E-state index contributed by atoms with van der Waals surface area (Å²) in [7, 11) is 1.57. The van der Waals surface area contributed by atoms with E-state index >= 15 is 0 Å². The lowest BCUT2D eigenvalue weighted by molar-refractivity contribution is 0.414. The molecule has 0 radical (unpaired) electrons. The summed E-state index contributed by atoms with van der Waals surface area (Å²) in [4.78, 5) is 23.0. The van der Waals surface area contributed by atoms with Crippen molar-refractivity contribution in [1.29, 1.82) is 0 Å². The first-order chi connectivity index (χ1) is 16.3. The maximum absolute atomic E-state index is 13.8. The van der Waals surface area contributed by atoms with Gasteiger partial charge in [0.25, 0.3) is 10.9 Å². The van der Waals surface area contributed by atoms with Crippen molar-refractivity contribution in [1.82, 2.24) is 5.32 Å². The third kappa shape index (κ3) is 5.34. The highest BCUT2D eigenvalue weighted by Crippen LogP contribution is 2.30. The molecule has 0 spiro atoms. The van der Waals surface area contributed by atoms with Crippen molar-refractivity contribution in [3.8, 4) is 11.5 Å². The van der Waals surface area contributed by atoms with Crippen molar-refractivity contribution in [3.63, 3.8) is 0 Å². The van der Waals surface area contributed by atoms with Gasteiger partial charge in [0.1, 0.15) is 11.4 Å². The van der Waals surface area contributed by atoms with Gasteiger partial charge in [-0.25, -0.2) is 8.78 Å². The standard InChI is InChI=1S/C26H22F2N2O4.ClH/c1-14(16-8-11-20(27)21(28)13-16)29-22(15-6-9-19(34-2)10-7-15)17-4-3-5-18(12-17)30-23-24(31)26(33)25(23)32;/h3-14,22,29-31H,1-2H3;1H. The zero-order valence-corrected chi connectivity index (χ0v) is 19.7. The molecule has 35 heavy (non-hydrogen) atoms. The van der Waals surface area contributed by atoms with Gasteiger partial charge >= 0.3 is 0 Å². The Morgan fingerprint density at radius 1 is 0.857 bits per heavy atom. The van der Waals surface area contributed by atoms with Crippen LogP contribution in [0.3, 0.4) is 0 Å². The van der Waals surface area contributed by atoms with Crippen molar-refractivity contribution in [2.45, 2.75) is 19.0 Å². The van der Waals surface area contributed by atoms with Crippen molar-refractivity contribution in [2.75, 3.05) is 12.4 Å². The van der Waals surface area contributed by atoms with E-state index in [0.29, 0.717) is 17.0 Å². The quantitative estimate of drug-likeness (QED) is 0.299. The van der Waals surface area contributed by atoms with Crippen LogP contribution in [0.1, 0.15) is 35.7 Å². The SMILES string of the molecule is COc1ccc(C(NC(C)c2ccc(F)c(F)c2)c2cccc(Nc3c(O)c(=O)c3=O)c2)cc1.Cl. The number of benzene rings is 3. The number of aromatic hydroxyl groups is 1. The van der Waals surface area contributed by atoms with E-state index in [4.69, 9.17) is 4.74 Å². The van der Waals surface area contributed by atoms with Gasteiger partial charge in [-0.15, -0.1) is 12.4 Å². The molecule has 4 rings (SSSR count). The number of anilines is 2. The van der Waals surface area contributed by atoms with E-state index in [0.717, 1.165) is 23.3 Å². The van der Waals surface area contributed by atoms with Crippen molar-refractivity contribution >= 4 is 23.8 Å². The summed E-state index contributed by atoms with van der Waals surface area (Å²) in [6.07, 6.45) is 0. The summed E-state index contributed by atoms with van der Waals surface area (Å²) in [6.45, 7) is 1.84. The van der Waals surface area contributed by atoms with E-state index < -0.39 is 28.2 Å². The molecule has 6 nitrogen and oxygen atoms in total. The molecule has 0 saturated carbocycles. The van der Waals surface area contributed by atoms with E-state index in [9.17, 15) is 23.5 Å². The molecule has 0 bridgehead atoms. The van der Waals surface area contributed by atoms with Crippen LogP contribution in [-0.4, -0.2) is 12.2 Å². The Bertz CT molecular complexity index is 1400. The number of methoxy groups -OCH3 is 1. The van der Waals surface area contributed by atoms with Gasteiger partial charge in [-0.05, 0) is 60.0 Å². The number of hydrogen-bond donors (Lipinski definition) is 3. The molecule has 0 heterocycles. The molecule has 0 amide bonds. The van der Waals surface area contributed by atoms with Crippen LogP contribution in [0.5, 0.6) is 11.5 Å². The zero-order valence-electron chi connectivity index (χ0n) is 18.8. The number of nitrogens with one attached hydrogen (secondary N) is 2. The Morgan fingerprint density at radius 3 is 2.17 bits per heavy atom. The Balaban J connectivity index is 0.00000342. The smallest absolute Gasteiger partial charge is 0.271 e. The average Bonchev–Trinajstić information content (AvgIpc) is 2.87. The van der Waals surface area contributed by atoms with Crippen LogP contribution in [0.25, 0.3) is 0 Å². The van der Waals surface area contributed by atoms with Gasteiger partial charge < -0.3 is 15.2 Å². The Morgan fingerprint density at radius 2 is 1.54 bits per heavy atom. The average molecular weight is 501 g/mol. The zero-order chi connectivity index (χ0) is 24.4. The van der Waals surface area contributed by atoms with Gasteiger partial charge in [0.05, 0.1) is 13.2 Å². The monoisotopic (exact) mass is 500 g/mol. The molecule has 2 atom stereocenters. The van der Waals surface area contributed by atoms with Crippen LogP contribution in [0, 0.1) is 11.6 Å². The van der Waals surface area contributed by atoms with Gasteiger partial charge in [-0.1, -0.05) is 30.3 Å². The topological polar surface area (TPSA) is 87.7 Å². The summed E-state index contributed by atoms with van der Waals surface area (Å²) < 4.78 is 32.5. The van der Waals surface area contributed by atoms with E-state index in [-0.39, 0.29) is 30.2 Å². The van der Waals surface area contributed by atoms with Gasteiger partial charge in [0.2, 0.25) is 0 Å². The van der Waals surface area contributed by atoms with Crippen LogP contribution < -0.4 is 26.2 Å². The molecular weight excluding hydrogens is 478 g/mol. The lowest BCUT2D eigenvalue weighted by Crippen LogP contribution is -2.32. The Kier molecular flexibility index (Phi) is 7.89. The first-order valence-corrected chi connectivity index (χ1v) is 10.5. The predicted octanol–water partition coefficient (Wildman–Crippen LogP) is 4.88. The lowest BCUT2D eigenvalue weighted by Gasteiger charge is -2.25. The van der Waals surface area contributed by atoms with Crippen LogP contribution in [0.2, 0.25) is 0 Å². The fraction of sp³-hybridized carbons (Fsp3) is 0.154. The molecule has 4 aromatic carbocycles. The number of halogens is 3. The van der Waals surface area contributed by atoms with E-state index in [1.165, 1.54) is 6.07 Å². The first kappa shape index (κ1) is 25.9. The molecule has 9 heteroatoms. The second kappa shape index (κ2) is 10.7. The fourth-order valence-electron chi connectivity index (χ4n) is 3.75. The summed E-state index contributed by atoms with van der Waals surface area (Å²) in [5.74, 6) is -1.75. The van der Waals surface area contributed by atoms with E-state index in [2.05, 4.69) is 10.6 Å². The Labute approximate surface area is 206 Å². The minimum Gasteiger partial charge on any atom is -0.502 e. The molecular formula is C26H23ClF2N2O4. The summed E-state index contributed by atoms with van der Waals surface area (Å²) in [5.41, 5.74) is 0.899. The molecule has 0 saturated heterocycles. The summed E-state index contributed by atoms with van der Waals surface area (Å²) in [5, 5.41) is 15.9. The van der Waals surface area contributed by atoms with Gasteiger partial charge in [-0.2, -0.15) is 0 Å². The van der Waals surface area contributed by atoms with E-state index in [1.807, 2.05) is 37.3 Å². The van der Waals surface area contributed by atoms with Gasteiger partial charge in [0.15, 0.2) is 17.4 Å². The van der Waals surface area contributed by atoms with Crippen molar-refractivity contribution < 1.29 is 18.6 Å². The van der Waals surface area contributed by atoms with Crippen molar-refractivity contribution in [3.05, 3.63) is 116 Å². The number of rotatable bonds is 8. The third-order valence-corrected chi connectivity index (χ3v) is 5.68. The maximum atomic E-state index is 13.8. The highest BCUT2D eigenvalue weighted by molar-refractivity contribution is 5.85. The summed E-state index contributed by atoms with van der Waals surface area (Å²) >= 11 is 0. The highest BCUT2D eigenvalue weighted by Gasteiger charge is 2.22. The lowest BCUT2D eigenvalue weighted by atomic mass is 9.96. The largest absolute Gasteiger partial charge is 0.502 e. The second-order valence-electron chi connectivity index (χ2n) is 7.90. The predicted molar refractivity (Wildman–Crippen MR) is 133 cm³/mol. The fourth-order valence-corrected chi connectivity index (χ4v) is 3.75. The Hall–Kier alpha value is -3.75. The minimum absolute atomic E-state index is 0. The molecule has 0 fully saturated rings. The van der Waals surface area contributed by atoms with Crippen molar-refractivity contribution in [2.24, 2.45) is 0 Å². The van der Waals surface area contributed by atoms with Crippen LogP contribution in [0.4, 0.5) is 20.2 Å². The molecule has 2 unspecified atom stereocenters. The number of ether oxygens (including phenoxy) is 1. The molecule has 3 N–H and O–H groups in total. The summed E-state index contributed by atoms with van der Waals surface area (Å²) in [6, 6.07) is 17.5. The third-order valence-electron chi connectivity index (χ3n) is 5.68.